The van der Waals surface area contributed by atoms with Gasteiger partial charge in [0.15, 0.2) is 11.6 Å². The SMILES string of the molecule is BC(B)(B)Oc1cc(F)c2nc(N3CCC(N[C@@H]4CCOC4)CC3)c(-c3nc(C)no3)c(C)c2c1. The number of fused-ring (bicyclic) bond motifs is 1. The molecule has 4 heterocycles. The van der Waals surface area contributed by atoms with Crippen molar-refractivity contribution in [1.29, 1.82) is 0 Å². The van der Waals surface area contributed by atoms with Crippen LogP contribution in [0.3, 0.4) is 0 Å². The predicted octanol–water partition coefficient (Wildman–Crippen LogP) is 0.277. The fourth-order valence-electron chi connectivity index (χ4n) is 4.99. The van der Waals surface area contributed by atoms with Crippen LogP contribution in [-0.4, -0.2) is 82.3 Å². The van der Waals surface area contributed by atoms with Crippen LogP contribution in [0.4, 0.5) is 10.2 Å². The van der Waals surface area contributed by atoms with Gasteiger partial charge in [-0.1, -0.05) is 5.16 Å². The minimum absolute atomic E-state index is 0.321. The summed E-state index contributed by atoms with van der Waals surface area (Å²) < 4.78 is 32.4. The number of anilines is 1. The van der Waals surface area contributed by atoms with E-state index in [2.05, 4.69) is 20.4 Å². The van der Waals surface area contributed by atoms with E-state index in [0.29, 0.717) is 46.3 Å². The molecule has 5 rings (SSSR count). The summed E-state index contributed by atoms with van der Waals surface area (Å²) in [7, 11) is 5.82. The first-order chi connectivity index (χ1) is 16.7. The number of benzene rings is 1. The summed E-state index contributed by atoms with van der Waals surface area (Å²) in [6, 6.07) is 4.13. The number of hydrogen-bond donors (Lipinski definition) is 1. The van der Waals surface area contributed by atoms with Gasteiger partial charge in [-0.3, -0.25) is 0 Å². The van der Waals surface area contributed by atoms with E-state index in [9.17, 15) is 0 Å². The Morgan fingerprint density at radius 2 is 1.89 bits per heavy atom. The summed E-state index contributed by atoms with van der Waals surface area (Å²) in [6.45, 7) is 6.96. The maximum atomic E-state index is 15.3. The van der Waals surface area contributed by atoms with Gasteiger partial charge in [-0.05, 0) is 44.7 Å². The van der Waals surface area contributed by atoms with E-state index in [1.807, 2.05) is 36.5 Å². The van der Waals surface area contributed by atoms with Crippen molar-refractivity contribution in [2.75, 3.05) is 31.2 Å². The van der Waals surface area contributed by atoms with E-state index in [-0.39, 0.29) is 0 Å². The Morgan fingerprint density at radius 3 is 2.51 bits per heavy atom. The van der Waals surface area contributed by atoms with E-state index in [4.69, 9.17) is 19.0 Å². The molecule has 12 heteroatoms. The van der Waals surface area contributed by atoms with Crippen LogP contribution < -0.4 is 15.0 Å². The van der Waals surface area contributed by atoms with Crippen molar-refractivity contribution in [1.82, 2.24) is 20.4 Å². The molecule has 2 aliphatic rings. The maximum absolute atomic E-state index is 15.3. The molecule has 0 amide bonds. The minimum Gasteiger partial charge on any atom is -0.514 e. The number of piperidine rings is 1. The highest BCUT2D eigenvalue weighted by atomic mass is 19.1. The molecule has 2 fully saturated rings. The van der Waals surface area contributed by atoms with Gasteiger partial charge in [0.05, 0.1) is 12.2 Å². The Hall–Kier alpha value is -2.59. The molecule has 2 saturated heterocycles. The number of aromatic nitrogens is 3. The standard InChI is InChI=1S/C23H31B3FN5O3/c1-12-17-9-16(34-23(24,25)26)10-18(27)20(17)30-21(19(12)22-28-13(2)31-35-22)32-6-3-14(4-7-32)29-15-5-8-33-11-15/h9-10,14-15,29H,3-8,11,24-26H2,1-2H3/t15-/m1/s1. The van der Waals surface area contributed by atoms with E-state index >= 15 is 4.39 Å². The fraction of sp³-hybridized carbons (Fsp3) is 0.522. The third-order valence-corrected chi connectivity index (χ3v) is 6.62. The monoisotopic (exact) mass is 477 g/mol. The van der Waals surface area contributed by atoms with Gasteiger partial charge in [0.1, 0.15) is 40.6 Å². The van der Waals surface area contributed by atoms with Crippen LogP contribution in [0.2, 0.25) is 0 Å². The number of nitrogens with one attached hydrogen (secondary N) is 1. The molecule has 0 bridgehead atoms. The van der Waals surface area contributed by atoms with Crippen LogP contribution >= 0.6 is 0 Å². The Kier molecular flexibility index (Phi) is 6.52. The Labute approximate surface area is 207 Å². The Morgan fingerprint density at radius 1 is 1.11 bits per heavy atom. The molecule has 0 spiro atoms. The zero-order chi connectivity index (χ0) is 24.7. The van der Waals surface area contributed by atoms with Crippen LogP contribution in [0.5, 0.6) is 5.75 Å². The zero-order valence-corrected chi connectivity index (χ0v) is 21.2. The van der Waals surface area contributed by atoms with Crippen LogP contribution in [0.25, 0.3) is 22.4 Å². The molecule has 2 aromatic heterocycles. The topological polar surface area (TPSA) is 85.5 Å². The number of aryl methyl sites for hydroxylation is 2. The molecule has 1 aromatic carbocycles. The molecule has 8 nitrogen and oxygen atoms in total. The highest BCUT2D eigenvalue weighted by molar-refractivity contribution is 6.58. The van der Waals surface area contributed by atoms with E-state index < -0.39 is 11.1 Å². The summed E-state index contributed by atoms with van der Waals surface area (Å²) in [5.74, 6) is 1.69. The van der Waals surface area contributed by atoms with Gasteiger partial charge in [-0.25, -0.2) is 9.37 Å². The second-order valence-electron chi connectivity index (χ2n) is 10.6. The van der Waals surface area contributed by atoms with E-state index in [1.165, 1.54) is 6.07 Å². The Balaban J connectivity index is 1.52. The van der Waals surface area contributed by atoms with Crippen molar-refractivity contribution in [3.05, 3.63) is 29.3 Å². The molecule has 0 saturated carbocycles. The van der Waals surface area contributed by atoms with Crippen LogP contribution in [0.15, 0.2) is 16.7 Å². The lowest BCUT2D eigenvalue weighted by molar-refractivity contribution is 0.186. The third kappa shape index (κ3) is 5.18. The van der Waals surface area contributed by atoms with Crippen LogP contribution in [0, 0.1) is 19.7 Å². The molecular weight excluding hydrogens is 446 g/mol. The van der Waals surface area contributed by atoms with Crippen molar-refractivity contribution >= 4 is 40.3 Å². The van der Waals surface area contributed by atoms with Gasteiger partial charge in [0.2, 0.25) is 0 Å². The van der Waals surface area contributed by atoms with Crippen molar-refractivity contribution in [3.63, 3.8) is 0 Å². The molecule has 0 unspecified atom stereocenters. The lowest BCUT2D eigenvalue weighted by atomic mass is 9.52. The van der Waals surface area contributed by atoms with Crippen molar-refractivity contribution in [2.45, 2.75) is 50.5 Å². The van der Waals surface area contributed by atoms with Crippen LogP contribution in [0.1, 0.15) is 30.7 Å². The van der Waals surface area contributed by atoms with Gasteiger partial charge in [-0.15, -0.1) is 0 Å². The van der Waals surface area contributed by atoms with E-state index in [0.717, 1.165) is 56.7 Å². The van der Waals surface area contributed by atoms with Crippen molar-refractivity contribution in [2.24, 2.45) is 0 Å². The molecule has 0 radical (unpaired) electrons. The van der Waals surface area contributed by atoms with Gasteiger partial charge >= 0.3 is 0 Å². The number of hydrogen-bond acceptors (Lipinski definition) is 8. The summed E-state index contributed by atoms with van der Waals surface area (Å²) in [5.41, 5.74) is 1.92. The molecule has 3 aromatic rings. The van der Waals surface area contributed by atoms with Gasteiger partial charge in [0, 0.05) is 48.5 Å². The summed E-state index contributed by atoms with van der Waals surface area (Å²) >= 11 is 0. The van der Waals surface area contributed by atoms with Crippen LogP contribution in [-0.2, 0) is 4.74 Å². The van der Waals surface area contributed by atoms with Gasteiger partial charge < -0.3 is 24.2 Å². The predicted molar refractivity (Wildman–Crippen MR) is 141 cm³/mol. The molecule has 0 aliphatic carbocycles. The van der Waals surface area contributed by atoms with Crippen molar-refractivity contribution in [3.8, 4) is 17.2 Å². The lowest BCUT2D eigenvalue weighted by Gasteiger charge is -2.35. The maximum Gasteiger partial charge on any atom is 0.261 e. The number of nitrogens with zero attached hydrogens (tertiary/aromatic N) is 4. The molecule has 1 atom stereocenters. The number of ether oxygens (including phenoxy) is 2. The van der Waals surface area contributed by atoms with Crippen molar-refractivity contribution < 1.29 is 18.4 Å². The highest BCUT2D eigenvalue weighted by Crippen LogP contribution is 2.39. The lowest BCUT2D eigenvalue weighted by Crippen LogP contribution is -2.46. The molecule has 1 N–H and O–H groups in total. The second-order valence-corrected chi connectivity index (χ2v) is 10.6. The number of halogens is 1. The normalized spacial score (nSPS) is 19.5. The van der Waals surface area contributed by atoms with Gasteiger partial charge in [0.25, 0.3) is 5.89 Å². The first-order valence-corrected chi connectivity index (χ1v) is 12.4. The smallest absolute Gasteiger partial charge is 0.261 e. The largest absolute Gasteiger partial charge is 0.514 e. The van der Waals surface area contributed by atoms with E-state index in [1.54, 1.807) is 6.92 Å². The fourth-order valence-corrected chi connectivity index (χ4v) is 4.99. The molecule has 2 aliphatic heterocycles. The quantitative estimate of drug-likeness (QED) is 0.508. The summed E-state index contributed by atoms with van der Waals surface area (Å²) in [6.07, 6.45) is 3.00. The summed E-state index contributed by atoms with van der Waals surface area (Å²) in [4.78, 5) is 11.5. The average Bonchev–Trinajstić information content (AvgIpc) is 3.45. The van der Waals surface area contributed by atoms with Gasteiger partial charge in [-0.2, -0.15) is 4.98 Å². The summed E-state index contributed by atoms with van der Waals surface area (Å²) in [5, 5.41) is 7.96. The minimum atomic E-state index is -0.448. The molecule has 35 heavy (non-hydrogen) atoms. The third-order valence-electron chi connectivity index (χ3n) is 6.62. The first-order valence-electron chi connectivity index (χ1n) is 12.4. The first kappa shape index (κ1) is 24.1. The Bertz CT molecular complexity index is 1220. The number of pyridine rings is 1. The molecule has 182 valence electrons. The zero-order valence-electron chi connectivity index (χ0n) is 21.2. The highest BCUT2D eigenvalue weighted by Gasteiger charge is 2.29. The number of rotatable bonds is 6. The average molecular weight is 477 g/mol. The molecular formula is C23H31B3FN5O3. The second kappa shape index (κ2) is 9.46.